The van der Waals surface area contributed by atoms with Crippen LogP contribution in [-0.4, -0.2) is 72.6 Å². The molecule has 35 heavy (non-hydrogen) atoms. The summed E-state index contributed by atoms with van der Waals surface area (Å²) in [5.41, 5.74) is 1.72. The van der Waals surface area contributed by atoms with Gasteiger partial charge in [-0.25, -0.2) is 0 Å². The Morgan fingerprint density at radius 1 is 1.09 bits per heavy atom. The maximum absolute atomic E-state index is 13.3. The van der Waals surface area contributed by atoms with Crippen molar-refractivity contribution >= 4 is 17.8 Å². The molecule has 1 N–H and O–H groups in total. The fraction of sp³-hybridized carbons (Fsp3) is 0.357. The van der Waals surface area contributed by atoms with E-state index in [4.69, 9.17) is 9.47 Å². The second kappa shape index (κ2) is 11.8. The van der Waals surface area contributed by atoms with Crippen LogP contribution in [0.25, 0.3) is 6.08 Å². The summed E-state index contributed by atoms with van der Waals surface area (Å²) in [5.74, 6) is -0.660. The van der Waals surface area contributed by atoms with E-state index in [1.165, 1.54) is 6.08 Å². The summed E-state index contributed by atoms with van der Waals surface area (Å²) in [4.78, 5) is 30.2. The van der Waals surface area contributed by atoms with Crippen LogP contribution in [0.2, 0.25) is 0 Å². The molecular weight excluding hydrogens is 444 g/mol. The van der Waals surface area contributed by atoms with E-state index in [2.05, 4.69) is 4.90 Å². The first-order valence-electron chi connectivity index (χ1n) is 12.1. The van der Waals surface area contributed by atoms with Crippen LogP contribution in [0, 0.1) is 0 Å². The van der Waals surface area contributed by atoms with Gasteiger partial charge in [0.2, 0.25) is 0 Å². The van der Waals surface area contributed by atoms with Gasteiger partial charge in [0.25, 0.3) is 5.91 Å². The lowest BCUT2D eigenvalue weighted by Gasteiger charge is -2.31. The van der Waals surface area contributed by atoms with E-state index in [9.17, 15) is 14.7 Å². The molecule has 2 aliphatic rings. The third-order valence-corrected chi connectivity index (χ3v) is 6.23. The molecule has 2 heterocycles. The van der Waals surface area contributed by atoms with Gasteiger partial charge in [-0.1, -0.05) is 55.5 Å². The Kier molecular flexibility index (Phi) is 8.34. The Morgan fingerprint density at radius 3 is 2.49 bits per heavy atom. The highest BCUT2D eigenvalue weighted by Gasteiger charge is 2.42. The highest BCUT2D eigenvalue weighted by molar-refractivity contribution is 6.14. The van der Waals surface area contributed by atoms with Crippen LogP contribution >= 0.6 is 0 Å². The number of benzene rings is 2. The summed E-state index contributed by atoms with van der Waals surface area (Å²) in [6.45, 7) is 6.59. The quantitative estimate of drug-likeness (QED) is 0.526. The highest BCUT2D eigenvalue weighted by atomic mass is 16.5. The number of amides is 1. The first kappa shape index (κ1) is 24.7. The van der Waals surface area contributed by atoms with Crippen molar-refractivity contribution in [2.75, 3.05) is 46.0 Å². The predicted molar refractivity (Wildman–Crippen MR) is 134 cm³/mol. The second-order valence-corrected chi connectivity index (χ2v) is 8.64. The Morgan fingerprint density at radius 2 is 1.80 bits per heavy atom. The van der Waals surface area contributed by atoms with Crippen LogP contribution in [0.5, 0.6) is 5.75 Å². The van der Waals surface area contributed by atoms with Gasteiger partial charge >= 0.3 is 0 Å². The third kappa shape index (κ3) is 5.99. The van der Waals surface area contributed by atoms with Crippen molar-refractivity contribution in [3.05, 3.63) is 83.1 Å². The van der Waals surface area contributed by atoms with Gasteiger partial charge in [-0.2, -0.15) is 0 Å². The zero-order chi connectivity index (χ0) is 24.6. The number of nitrogens with zero attached hydrogens (tertiary/aromatic N) is 2. The summed E-state index contributed by atoms with van der Waals surface area (Å²) in [6.07, 6.45) is 4.02. The van der Waals surface area contributed by atoms with Gasteiger partial charge in [0, 0.05) is 26.2 Å². The normalized spacial score (nSPS) is 19.1. The van der Waals surface area contributed by atoms with Gasteiger partial charge in [-0.05, 0) is 35.8 Å². The Bertz CT molecular complexity index is 1070. The standard InChI is InChI=1S/C28H32N2O5/c1-2-18-35-23-11-9-22(10-12-23)26-25(24(31)13-8-21-6-4-3-5-7-21)27(32)28(33)30(26)15-14-29-16-19-34-20-17-29/h3-13,26,32H,2,14-20H2,1H3. The lowest BCUT2D eigenvalue weighted by molar-refractivity contribution is -0.129. The molecule has 0 spiro atoms. The molecule has 0 aliphatic carbocycles. The molecule has 0 bridgehead atoms. The topological polar surface area (TPSA) is 79.3 Å². The van der Waals surface area contributed by atoms with Crippen molar-refractivity contribution in [3.8, 4) is 5.75 Å². The second-order valence-electron chi connectivity index (χ2n) is 8.64. The first-order valence-corrected chi connectivity index (χ1v) is 12.1. The van der Waals surface area contributed by atoms with Gasteiger partial charge in [0.1, 0.15) is 5.75 Å². The molecule has 184 valence electrons. The lowest BCUT2D eigenvalue weighted by atomic mass is 9.95. The van der Waals surface area contributed by atoms with Gasteiger partial charge in [0.15, 0.2) is 11.5 Å². The molecule has 1 amide bonds. The van der Waals surface area contributed by atoms with Gasteiger partial charge in [-0.15, -0.1) is 0 Å². The monoisotopic (exact) mass is 476 g/mol. The van der Waals surface area contributed by atoms with Gasteiger partial charge in [0.05, 0.1) is 31.4 Å². The Labute approximate surface area is 206 Å². The van der Waals surface area contributed by atoms with E-state index < -0.39 is 17.7 Å². The van der Waals surface area contributed by atoms with E-state index in [-0.39, 0.29) is 11.4 Å². The zero-order valence-corrected chi connectivity index (χ0v) is 20.1. The van der Waals surface area contributed by atoms with E-state index in [0.717, 1.165) is 36.4 Å². The molecular formula is C28H32N2O5. The van der Waals surface area contributed by atoms with Crippen LogP contribution < -0.4 is 4.74 Å². The number of carbonyl (C=O) groups is 2. The van der Waals surface area contributed by atoms with Crippen molar-refractivity contribution in [1.82, 2.24) is 9.80 Å². The molecule has 4 rings (SSSR count). The molecule has 0 saturated carbocycles. The van der Waals surface area contributed by atoms with Gasteiger partial charge < -0.3 is 19.5 Å². The maximum atomic E-state index is 13.3. The average Bonchev–Trinajstić information content (AvgIpc) is 3.16. The van der Waals surface area contributed by atoms with Crippen LogP contribution in [0.15, 0.2) is 72.0 Å². The van der Waals surface area contributed by atoms with Crippen LogP contribution in [-0.2, 0) is 14.3 Å². The number of carbonyl (C=O) groups excluding carboxylic acids is 2. The summed E-state index contributed by atoms with van der Waals surface area (Å²) in [7, 11) is 0. The summed E-state index contributed by atoms with van der Waals surface area (Å²) < 4.78 is 11.1. The largest absolute Gasteiger partial charge is 0.503 e. The molecule has 7 nitrogen and oxygen atoms in total. The fourth-order valence-corrected chi connectivity index (χ4v) is 4.35. The molecule has 1 atom stereocenters. The molecule has 7 heteroatoms. The number of morpholine rings is 1. The Hall–Kier alpha value is -3.42. The maximum Gasteiger partial charge on any atom is 0.290 e. The third-order valence-electron chi connectivity index (χ3n) is 6.23. The molecule has 2 aromatic carbocycles. The van der Waals surface area contributed by atoms with Crippen LogP contribution in [0.4, 0.5) is 0 Å². The molecule has 2 aliphatic heterocycles. The number of allylic oxidation sites excluding steroid dienone is 1. The van der Waals surface area contributed by atoms with Crippen LogP contribution in [0.3, 0.4) is 0 Å². The van der Waals surface area contributed by atoms with E-state index in [1.54, 1.807) is 11.0 Å². The average molecular weight is 477 g/mol. The molecule has 0 radical (unpaired) electrons. The predicted octanol–water partition coefficient (Wildman–Crippen LogP) is 3.79. The minimum atomic E-state index is -0.670. The fourth-order valence-electron chi connectivity index (χ4n) is 4.35. The van der Waals surface area contributed by atoms with Gasteiger partial charge in [-0.3, -0.25) is 14.5 Å². The minimum absolute atomic E-state index is 0.103. The molecule has 1 unspecified atom stereocenters. The molecule has 1 fully saturated rings. The molecule has 0 aromatic heterocycles. The van der Waals surface area contributed by atoms with Crippen molar-refractivity contribution in [2.24, 2.45) is 0 Å². The number of hydrogen-bond donors (Lipinski definition) is 1. The summed E-state index contributed by atoms with van der Waals surface area (Å²) >= 11 is 0. The highest BCUT2D eigenvalue weighted by Crippen LogP contribution is 2.38. The number of aliphatic hydroxyl groups is 1. The van der Waals surface area contributed by atoms with E-state index in [0.29, 0.717) is 32.9 Å². The van der Waals surface area contributed by atoms with Crippen molar-refractivity contribution in [3.63, 3.8) is 0 Å². The Balaban J connectivity index is 1.60. The SMILES string of the molecule is CCCOc1ccc(C2C(C(=O)C=Cc3ccccc3)=C(O)C(=O)N2CCN2CCOCC2)cc1. The molecule has 1 saturated heterocycles. The van der Waals surface area contributed by atoms with Crippen molar-refractivity contribution in [2.45, 2.75) is 19.4 Å². The number of ketones is 1. The number of ether oxygens (including phenoxy) is 2. The van der Waals surface area contributed by atoms with E-state index in [1.807, 2.05) is 61.5 Å². The zero-order valence-electron chi connectivity index (χ0n) is 20.1. The summed E-state index contributed by atoms with van der Waals surface area (Å²) in [6, 6.07) is 16.2. The number of rotatable bonds is 10. The van der Waals surface area contributed by atoms with E-state index >= 15 is 0 Å². The van der Waals surface area contributed by atoms with Crippen molar-refractivity contribution < 1.29 is 24.2 Å². The smallest absolute Gasteiger partial charge is 0.290 e. The first-order chi connectivity index (χ1) is 17.1. The van der Waals surface area contributed by atoms with Crippen molar-refractivity contribution in [1.29, 1.82) is 0 Å². The lowest BCUT2D eigenvalue weighted by Crippen LogP contribution is -2.43. The number of aliphatic hydroxyl groups excluding tert-OH is 1. The van der Waals surface area contributed by atoms with Crippen LogP contribution in [0.1, 0.15) is 30.5 Å². The number of hydrogen-bond acceptors (Lipinski definition) is 6. The molecule has 2 aromatic rings. The minimum Gasteiger partial charge on any atom is -0.503 e. The summed E-state index contributed by atoms with van der Waals surface area (Å²) in [5, 5.41) is 10.8.